The first kappa shape index (κ1) is 12.1. The average molecular weight is 251 g/mol. The van der Waals surface area contributed by atoms with Crippen LogP contribution in [0.3, 0.4) is 0 Å². The number of aromatic nitrogens is 2. The number of imidazole rings is 1. The van der Waals surface area contributed by atoms with E-state index in [1.165, 1.54) is 0 Å². The minimum atomic E-state index is 0.0595. The summed E-state index contributed by atoms with van der Waals surface area (Å²) < 4.78 is 1.86. The van der Waals surface area contributed by atoms with Crippen molar-refractivity contribution in [2.75, 3.05) is 6.61 Å². The molecule has 2 aromatic rings. The van der Waals surface area contributed by atoms with Crippen molar-refractivity contribution in [2.45, 2.75) is 13.3 Å². The van der Waals surface area contributed by atoms with Crippen LogP contribution in [-0.2, 0) is 13.5 Å². The average Bonchev–Trinajstić information content (AvgIpc) is 2.59. The van der Waals surface area contributed by atoms with Gasteiger partial charge in [-0.1, -0.05) is 35.9 Å². The highest BCUT2D eigenvalue weighted by atomic mass is 35.5. The Hall–Kier alpha value is -1.32. The molecule has 0 bridgehead atoms. The molecule has 0 aliphatic carbocycles. The predicted octanol–water partition coefficient (Wildman–Crippen LogP) is 2.58. The van der Waals surface area contributed by atoms with E-state index in [-0.39, 0.29) is 6.61 Å². The van der Waals surface area contributed by atoms with E-state index >= 15 is 0 Å². The van der Waals surface area contributed by atoms with Gasteiger partial charge in [0, 0.05) is 25.6 Å². The smallest absolute Gasteiger partial charge is 0.141 e. The number of aliphatic hydroxyl groups is 1. The summed E-state index contributed by atoms with van der Waals surface area (Å²) in [5.41, 5.74) is 2.98. The summed E-state index contributed by atoms with van der Waals surface area (Å²) in [4.78, 5) is 4.50. The first-order valence-corrected chi connectivity index (χ1v) is 5.91. The highest BCUT2D eigenvalue weighted by molar-refractivity contribution is 6.30. The Labute approximate surface area is 106 Å². The van der Waals surface area contributed by atoms with Gasteiger partial charge in [-0.15, -0.1) is 0 Å². The molecule has 0 unspecified atom stereocenters. The molecule has 0 saturated carbocycles. The third kappa shape index (κ3) is 2.21. The number of aliphatic hydroxyl groups excluding tert-OH is 1. The Morgan fingerprint density at radius 1 is 1.35 bits per heavy atom. The van der Waals surface area contributed by atoms with Gasteiger partial charge in [-0.05, 0) is 12.5 Å². The van der Waals surface area contributed by atoms with Crippen molar-refractivity contribution in [3.8, 4) is 11.4 Å². The lowest BCUT2D eigenvalue weighted by atomic mass is 10.1. The minimum absolute atomic E-state index is 0.0595. The van der Waals surface area contributed by atoms with Crippen LogP contribution in [0.4, 0.5) is 0 Å². The van der Waals surface area contributed by atoms with Crippen LogP contribution in [0.1, 0.15) is 11.3 Å². The fraction of sp³-hybridized carbons (Fsp3) is 0.308. The fourth-order valence-electron chi connectivity index (χ4n) is 1.87. The second-order valence-electron chi connectivity index (χ2n) is 4.02. The van der Waals surface area contributed by atoms with Crippen LogP contribution in [0.25, 0.3) is 11.4 Å². The first-order chi connectivity index (χ1) is 8.15. The molecular weight excluding hydrogens is 236 g/mol. The molecule has 1 aromatic carbocycles. The second-order valence-corrected chi connectivity index (χ2v) is 4.38. The highest BCUT2D eigenvalue weighted by Gasteiger charge is 2.14. The number of halogens is 1. The van der Waals surface area contributed by atoms with E-state index in [1.54, 1.807) is 0 Å². The predicted molar refractivity (Wildman–Crippen MR) is 69.2 cm³/mol. The summed E-state index contributed by atoms with van der Waals surface area (Å²) in [6.45, 7) is 2.10. The Morgan fingerprint density at radius 2 is 2.06 bits per heavy atom. The van der Waals surface area contributed by atoms with Gasteiger partial charge in [0.1, 0.15) is 11.0 Å². The van der Waals surface area contributed by atoms with Crippen molar-refractivity contribution < 1.29 is 5.11 Å². The van der Waals surface area contributed by atoms with Crippen LogP contribution in [0, 0.1) is 6.92 Å². The van der Waals surface area contributed by atoms with Crippen molar-refractivity contribution in [1.82, 2.24) is 9.55 Å². The highest BCUT2D eigenvalue weighted by Crippen LogP contribution is 2.27. The van der Waals surface area contributed by atoms with Crippen molar-refractivity contribution in [3.05, 3.63) is 40.7 Å². The SMILES string of the molecule is Cc1ccccc1-c1nc(CCO)c(Cl)n1C. The third-order valence-electron chi connectivity index (χ3n) is 2.83. The van der Waals surface area contributed by atoms with Crippen LogP contribution in [0.5, 0.6) is 0 Å². The molecule has 0 aliphatic heterocycles. The van der Waals surface area contributed by atoms with Crippen molar-refractivity contribution in [1.29, 1.82) is 0 Å². The summed E-state index contributed by atoms with van der Waals surface area (Å²) in [7, 11) is 1.89. The summed E-state index contributed by atoms with van der Waals surface area (Å²) in [6, 6.07) is 8.05. The zero-order valence-corrected chi connectivity index (χ0v) is 10.7. The molecule has 1 aromatic heterocycles. The first-order valence-electron chi connectivity index (χ1n) is 5.53. The van der Waals surface area contributed by atoms with Gasteiger partial charge in [0.25, 0.3) is 0 Å². The summed E-state index contributed by atoms with van der Waals surface area (Å²) >= 11 is 6.18. The quantitative estimate of drug-likeness (QED) is 0.909. The minimum Gasteiger partial charge on any atom is -0.396 e. The maximum absolute atomic E-state index is 8.96. The number of hydrogen-bond donors (Lipinski definition) is 1. The molecule has 1 N–H and O–H groups in total. The number of rotatable bonds is 3. The van der Waals surface area contributed by atoms with Gasteiger partial charge < -0.3 is 9.67 Å². The van der Waals surface area contributed by atoms with E-state index in [4.69, 9.17) is 16.7 Å². The molecular formula is C13H15ClN2O. The lowest BCUT2D eigenvalue weighted by molar-refractivity contribution is 0.298. The molecule has 17 heavy (non-hydrogen) atoms. The largest absolute Gasteiger partial charge is 0.396 e. The zero-order valence-electron chi connectivity index (χ0n) is 9.94. The molecule has 0 spiro atoms. The second kappa shape index (κ2) is 4.90. The van der Waals surface area contributed by atoms with Crippen molar-refractivity contribution >= 4 is 11.6 Å². The van der Waals surface area contributed by atoms with Crippen LogP contribution in [0.15, 0.2) is 24.3 Å². The van der Waals surface area contributed by atoms with Gasteiger partial charge in [-0.3, -0.25) is 0 Å². The van der Waals surface area contributed by atoms with Crippen molar-refractivity contribution in [2.24, 2.45) is 7.05 Å². The summed E-state index contributed by atoms with van der Waals surface area (Å²) in [5.74, 6) is 0.844. The third-order valence-corrected chi connectivity index (χ3v) is 3.30. The van der Waals surface area contributed by atoms with Crippen LogP contribution in [-0.4, -0.2) is 21.3 Å². The van der Waals surface area contributed by atoms with Gasteiger partial charge in [0.2, 0.25) is 0 Å². The summed E-state index contributed by atoms with van der Waals surface area (Å²) in [6.07, 6.45) is 0.485. The Balaban J connectivity index is 2.53. The molecule has 0 aliphatic rings. The molecule has 4 heteroatoms. The molecule has 2 rings (SSSR count). The fourth-order valence-corrected chi connectivity index (χ4v) is 2.08. The maximum Gasteiger partial charge on any atom is 0.141 e. The van der Waals surface area contributed by atoms with E-state index in [0.29, 0.717) is 11.6 Å². The van der Waals surface area contributed by atoms with E-state index in [2.05, 4.69) is 4.98 Å². The van der Waals surface area contributed by atoms with Crippen LogP contribution < -0.4 is 0 Å². The Bertz CT molecular complexity index is 534. The number of hydrogen-bond acceptors (Lipinski definition) is 2. The van der Waals surface area contributed by atoms with E-state index in [0.717, 1.165) is 22.6 Å². The van der Waals surface area contributed by atoms with Gasteiger partial charge in [-0.25, -0.2) is 4.98 Å². The van der Waals surface area contributed by atoms with Gasteiger partial charge in [-0.2, -0.15) is 0 Å². The Morgan fingerprint density at radius 3 is 2.71 bits per heavy atom. The van der Waals surface area contributed by atoms with Crippen LogP contribution >= 0.6 is 11.6 Å². The van der Waals surface area contributed by atoms with Gasteiger partial charge >= 0.3 is 0 Å². The lowest BCUT2D eigenvalue weighted by Crippen LogP contribution is -1.94. The van der Waals surface area contributed by atoms with E-state index in [1.807, 2.05) is 42.8 Å². The number of benzene rings is 1. The molecule has 90 valence electrons. The zero-order chi connectivity index (χ0) is 12.4. The van der Waals surface area contributed by atoms with E-state index in [9.17, 15) is 0 Å². The van der Waals surface area contributed by atoms with Crippen LogP contribution in [0.2, 0.25) is 5.15 Å². The molecule has 1 heterocycles. The monoisotopic (exact) mass is 250 g/mol. The molecule has 0 atom stereocenters. The molecule has 0 saturated heterocycles. The normalized spacial score (nSPS) is 10.8. The van der Waals surface area contributed by atoms with Gasteiger partial charge in [0.15, 0.2) is 0 Å². The number of aryl methyl sites for hydroxylation is 1. The van der Waals surface area contributed by atoms with Gasteiger partial charge in [0.05, 0.1) is 5.69 Å². The maximum atomic E-state index is 8.96. The topological polar surface area (TPSA) is 38.1 Å². The molecule has 0 amide bonds. The standard InChI is InChI=1S/C13H15ClN2O/c1-9-5-3-4-6-10(9)13-15-11(7-8-17)12(14)16(13)2/h3-6,17H,7-8H2,1-2H3. The van der Waals surface area contributed by atoms with E-state index < -0.39 is 0 Å². The Kier molecular flexibility index (Phi) is 3.50. The summed E-state index contributed by atoms with van der Waals surface area (Å²) in [5, 5.41) is 9.56. The molecule has 0 radical (unpaired) electrons. The number of nitrogens with zero attached hydrogens (tertiary/aromatic N) is 2. The lowest BCUT2D eigenvalue weighted by Gasteiger charge is -2.05. The molecule has 0 fully saturated rings. The van der Waals surface area contributed by atoms with Crippen molar-refractivity contribution in [3.63, 3.8) is 0 Å². The molecule has 3 nitrogen and oxygen atoms in total.